The third kappa shape index (κ3) is 2.37. The SMILES string of the molecule is CC1N=[N+](c2ccc(Cl)cc2)C(=O)C1CCO. The van der Waals surface area contributed by atoms with Crippen molar-refractivity contribution in [1.82, 2.24) is 0 Å². The van der Waals surface area contributed by atoms with Gasteiger partial charge in [-0.3, -0.25) is 0 Å². The zero-order valence-electron chi connectivity index (χ0n) is 9.51. The van der Waals surface area contributed by atoms with E-state index in [0.717, 1.165) is 0 Å². The van der Waals surface area contributed by atoms with Crippen LogP contribution >= 0.6 is 11.6 Å². The Morgan fingerprint density at radius 3 is 2.65 bits per heavy atom. The fourth-order valence-corrected chi connectivity index (χ4v) is 2.09. The molecule has 2 atom stereocenters. The summed E-state index contributed by atoms with van der Waals surface area (Å²) in [6.45, 7) is 1.89. The van der Waals surface area contributed by atoms with Gasteiger partial charge < -0.3 is 5.11 Å². The molecule has 0 radical (unpaired) electrons. The number of aliphatic hydroxyl groups excluding tert-OH is 1. The van der Waals surface area contributed by atoms with Gasteiger partial charge in [-0.05, 0) is 35.3 Å². The minimum atomic E-state index is -0.226. The molecule has 17 heavy (non-hydrogen) atoms. The summed E-state index contributed by atoms with van der Waals surface area (Å²) in [5, 5.41) is 13.8. The predicted octanol–water partition coefficient (Wildman–Crippen LogP) is 2.36. The Morgan fingerprint density at radius 1 is 1.41 bits per heavy atom. The van der Waals surface area contributed by atoms with Gasteiger partial charge in [0.15, 0.2) is 0 Å². The zero-order chi connectivity index (χ0) is 12.4. The van der Waals surface area contributed by atoms with Crippen LogP contribution in [0.1, 0.15) is 13.3 Å². The highest BCUT2D eigenvalue weighted by atomic mass is 35.5. The first-order chi connectivity index (χ1) is 8.13. The number of carbonyl (C=O) groups excluding carboxylic acids is 1. The van der Waals surface area contributed by atoms with Gasteiger partial charge >= 0.3 is 5.91 Å². The smallest absolute Gasteiger partial charge is 0.396 e. The van der Waals surface area contributed by atoms with E-state index in [-0.39, 0.29) is 24.5 Å². The second kappa shape index (κ2) is 4.94. The van der Waals surface area contributed by atoms with Gasteiger partial charge in [-0.15, -0.1) is 0 Å². The number of rotatable bonds is 3. The van der Waals surface area contributed by atoms with Gasteiger partial charge in [0.05, 0.1) is 0 Å². The highest BCUT2D eigenvalue weighted by Gasteiger charge is 2.43. The first kappa shape index (κ1) is 12.2. The lowest BCUT2D eigenvalue weighted by Gasteiger charge is -2.02. The predicted molar refractivity (Wildman–Crippen MR) is 63.5 cm³/mol. The van der Waals surface area contributed by atoms with Crippen LogP contribution in [-0.4, -0.2) is 28.4 Å². The van der Waals surface area contributed by atoms with Crippen molar-refractivity contribution in [2.24, 2.45) is 11.0 Å². The molecule has 1 aromatic carbocycles. The van der Waals surface area contributed by atoms with Crippen molar-refractivity contribution in [3.05, 3.63) is 29.3 Å². The molecular formula is C12H14ClN2O2+. The number of azo groups is 2. The fourth-order valence-electron chi connectivity index (χ4n) is 1.96. The standard InChI is InChI=1S/C12H14ClN2O2/c1-8-11(6-7-16)12(17)15(14-8)10-4-2-9(13)3-5-10/h2-5,8,11,16H,6-7H2,1H3/q+1. The average Bonchev–Trinajstić information content (AvgIpc) is 2.59. The summed E-state index contributed by atoms with van der Waals surface area (Å²) in [5.41, 5.74) is 0.715. The molecule has 90 valence electrons. The second-order valence-electron chi connectivity index (χ2n) is 4.10. The van der Waals surface area contributed by atoms with E-state index in [2.05, 4.69) is 5.11 Å². The highest BCUT2D eigenvalue weighted by molar-refractivity contribution is 6.30. The second-order valence-corrected chi connectivity index (χ2v) is 4.54. The fraction of sp³-hybridized carbons (Fsp3) is 0.417. The zero-order valence-corrected chi connectivity index (χ0v) is 10.3. The Morgan fingerprint density at radius 2 is 2.06 bits per heavy atom. The first-order valence-electron chi connectivity index (χ1n) is 5.54. The van der Waals surface area contributed by atoms with Gasteiger partial charge in [0.2, 0.25) is 5.69 Å². The Bertz CT molecular complexity index is 456. The first-order valence-corrected chi connectivity index (χ1v) is 5.92. The Hall–Kier alpha value is -1.26. The largest absolute Gasteiger partial charge is 0.422 e. The molecule has 1 aliphatic rings. The van der Waals surface area contributed by atoms with Crippen molar-refractivity contribution >= 4 is 23.2 Å². The van der Waals surface area contributed by atoms with E-state index in [1.54, 1.807) is 24.3 Å². The molecule has 1 heterocycles. The van der Waals surface area contributed by atoms with Gasteiger partial charge in [-0.1, -0.05) is 11.6 Å². The molecule has 0 aliphatic carbocycles. The van der Waals surface area contributed by atoms with E-state index < -0.39 is 0 Å². The lowest BCUT2D eigenvalue weighted by Crippen LogP contribution is -2.23. The maximum Gasteiger partial charge on any atom is 0.422 e. The Kier molecular flexibility index (Phi) is 3.54. The minimum absolute atomic E-state index is 0.00469. The molecule has 0 saturated carbocycles. The summed E-state index contributed by atoms with van der Waals surface area (Å²) in [5.74, 6) is -0.287. The van der Waals surface area contributed by atoms with Crippen LogP contribution in [0, 0.1) is 5.92 Å². The van der Waals surface area contributed by atoms with Gasteiger partial charge in [-0.2, -0.15) is 0 Å². The van der Waals surface area contributed by atoms with Crippen LogP contribution in [0.3, 0.4) is 0 Å². The van der Waals surface area contributed by atoms with Crippen molar-refractivity contribution in [3.8, 4) is 0 Å². The molecule has 1 aliphatic heterocycles. The molecule has 4 nitrogen and oxygen atoms in total. The van der Waals surface area contributed by atoms with Crippen molar-refractivity contribution in [2.45, 2.75) is 19.4 Å². The van der Waals surface area contributed by atoms with Crippen LogP contribution in [0.2, 0.25) is 5.02 Å². The number of hydrogen-bond acceptors (Lipinski definition) is 3. The highest BCUT2D eigenvalue weighted by Crippen LogP contribution is 2.27. The molecule has 1 amide bonds. The van der Waals surface area contributed by atoms with Crippen LogP contribution in [0.4, 0.5) is 5.69 Å². The maximum atomic E-state index is 12.1. The van der Waals surface area contributed by atoms with Gasteiger partial charge in [-0.25, -0.2) is 4.79 Å². The number of amides is 1. The summed E-state index contributed by atoms with van der Waals surface area (Å²) in [6.07, 6.45) is 0.452. The van der Waals surface area contributed by atoms with E-state index in [0.29, 0.717) is 17.1 Å². The van der Waals surface area contributed by atoms with E-state index in [1.165, 1.54) is 4.70 Å². The molecule has 2 rings (SSSR count). The number of benzene rings is 1. The summed E-state index contributed by atoms with van der Waals surface area (Å²) >= 11 is 5.79. The van der Waals surface area contributed by atoms with Crippen LogP contribution in [0.15, 0.2) is 29.4 Å². The van der Waals surface area contributed by atoms with Gasteiger partial charge in [0, 0.05) is 23.8 Å². The normalized spacial score (nSPS) is 23.9. The van der Waals surface area contributed by atoms with E-state index in [1.807, 2.05) is 6.92 Å². The van der Waals surface area contributed by atoms with E-state index in [4.69, 9.17) is 16.7 Å². The molecule has 1 aromatic rings. The number of hydrogen-bond donors (Lipinski definition) is 1. The third-order valence-corrected chi connectivity index (χ3v) is 3.17. The molecule has 0 spiro atoms. The summed E-state index contributed by atoms with van der Waals surface area (Å²) < 4.78 is 1.40. The van der Waals surface area contributed by atoms with E-state index >= 15 is 0 Å². The minimum Gasteiger partial charge on any atom is -0.396 e. The average molecular weight is 254 g/mol. The monoisotopic (exact) mass is 253 g/mol. The summed E-state index contributed by atoms with van der Waals surface area (Å²) in [7, 11) is 0. The van der Waals surface area contributed by atoms with Crippen LogP contribution < -0.4 is 0 Å². The van der Waals surface area contributed by atoms with Crippen molar-refractivity contribution in [3.63, 3.8) is 0 Å². The van der Waals surface area contributed by atoms with Crippen LogP contribution in [0.5, 0.6) is 0 Å². The Balaban J connectivity index is 2.26. The van der Waals surface area contributed by atoms with Gasteiger partial charge in [0.1, 0.15) is 12.0 Å². The Labute approximate surface area is 105 Å². The van der Waals surface area contributed by atoms with Crippen LogP contribution in [-0.2, 0) is 4.79 Å². The lowest BCUT2D eigenvalue weighted by atomic mass is 9.99. The number of nitrogens with zero attached hydrogens (tertiary/aromatic N) is 2. The molecule has 0 aromatic heterocycles. The molecule has 1 N–H and O–H groups in total. The number of halogens is 1. The molecule has 5 heteroatoms. The molecule has 0 fully saturated rings. The molecule has 0 bridgehead atoms. The van der Waals surface area contributed by atoms with Crippen molar-refractivity contribution in [1.29, 1.82) is 0 Å². The molecule has 2 unspecified atom stereocenters. The van der Waals surface area contributed by atoms with Crippen LogP contribution in [0.25, 0.3) is 0 Å². The lowest BCUT2D eigenvalue weighted by molar-refractivity contribution is -0.426. The molecule has 0 saturated heterocycles. The molecular weight excluding hydrogens is 240 g/mol. The summed E-state index contributed by atoms with van der Waals surface area (Å²) in [4.78, 5) is 12.1. The maximum absolute atomic E-state index is 12.1. The number of aliphatic hydroxyl groups is 1. The quantitative estimate of drug-likeness (QED) is 0.841. The van der Waals surface area contributed by atoms with E-state index in [9.17, 15) is 4.79 Å². The topological polar surface area (TPSA) is 52.7 Å². The third-order valence-electron chi connectivity index (χ3n) is 2.92. The van der Waals surface area contributed by atoms with Crippen molar-refractivity contribution < 1.29 is 14.6 Å². The summed E-state index contributed by atoms with van der Waals surface area (Å²) in [6, 6.07) is 6.88. The van der Waals surface area contributed by atoms with Gasteiger partial charge in [0.25, 0.3) is 0 Å². The van der Waals surface area contributed by atoms with Crippen molar-refractivity contribution in [2.75, 3.05) is 6.61 Å². The number of carbonyl (C=O) groups is 1.